The van der Waals surface area contributed by atoms with E-state index >= 15 is 0 Å². The molecule has 0 saturated heterocycles. The van der Waals surface area contributed by atoms with Gasteiger partial charge in [0, 0.05) is 12.4 Å². The zero-order valence-corrected chi connectivity index (χ0v) is 8.38. The van der Waals surface area contributed by atoms with Gasteiger partial charge in [-0.2, -0.15) is 5.26 Å². The highest BCUT2D eigenvalue weighted by Crippen LogP contribution is 1.97. The largest absolute Gasteiger partial charge is 0.248 e. The van der Waals surface area contributed by atoms with Crippen molar-refractivity contribution in [2.24, 2.45) is 0 Å². The predicted molar refractivity (Wildman–Crippen MR) is 59.2 cm³/mol. The molecule has 0 aliphatic heterocycles. The van der Waals surface area contributed by atoms with E-state index in [0.29, 0.717) is 17.0 Å². The van der Waals surface area contributed by atoms with Crippen molar-refractivity contribution in [3.63, 3.8) is 0 Å². The van der Waals surface area contributed by atoms with Crippen LogP contribution in [0, 0.1) is 23.2 Å². The van der Waals surface area contributed by atoms with Crippen LogP contribution in [0.5, 0.6) is 0 Å². The maximum absolute atomic E-state index is 8.60. The number of aromatic nitrogens is 2. The molecule has 2 aromatic heterocycles. The Morgan fingerprint density at radius 3 is 2.31 bits per heavy atom. The van der Waals surface area contributed by atoms with E-state index in [2.05, 4.69) is 21.8 Å². The SMILES string of the molecule is N#Cc1ccc(C#Cc2ccccn2)nc1. The van der Waals surface area contributed by atoms with Crippen molar-refractivity contribution in [3.8, 4) is 17.9 Å². The Morgan fingerprint density at radius 2 is 1.75 bits per heavy atom. The Labute approximate surface area is 93.4 Å². The number of nitrogens with zero attached hydrogens (tertiary/aromatic N) is 3. The molecular formula is C13H7N3. The van der Waals surface area contributed by atoms with Crippen LogP contribution in [0.15, 0.2) is 42.7 Å². The predicted octanol–water partition coefficient (Wildman–Crippen LogP) is 1.75. The van der Waals surface area contributed by atoms with Crippen LogP contribution < -0.4 is 0 Å². The minimum absolute atomic E-state index is 0.531. The number of rotatable bonds is 0. The van der Waals surface area contributed by atoms with Crippen molar-refractivity contribution in [2.75, 3.05) is 0 Å². The van der Waals surface area contributed by atoms with Crippen molar-refractivity contribution in [3.05, 3.63) is 59.7 Å². The first-order chi connectivity index (χ1) is 7.88. The van der Waals surface area contributed by atoms with Gasteiger partial charge in [0.2, 0.25) is 0 Å². The van der Waals surface area contributed by atoms with E-state index in [-0.39, 0.29) is 0 Å². The Bertz CT molecular complexity index is 569. The van der Waals surface area contributed by atoms with E-state index < -0.39 is 0 Å². The molecule has 0 aliphatic rings. The summed E-state index contributed by atoms with van der Waals surface area (Å²) in [7, 11) is 0. The molecule has 2 rings (SSSR count). The quantitative estimate of drug-likeness (QED) is 0.615. The van der Waals surface area contributed by atoms with Gasteiger partial charge in [-0.05, 0) is 36.1 Å². The third-order valence-electron chi connectivity index (χ3n) is 1.88. The highest BCUT2D eigenvalue weighted by molar-refractivity contribution is 5.38. The summed E-state index contributed by atoms with van der Waals surface area (Å²) in [5.41, 5.74) is 1.86. The lowest BCUT2D eigenvalue weighted by atomic mass is 10.2. The van der Waals surface area contributed by atoms with Crippen LogP contribution in [0.1, 0.15) is 17.0 Å². The van der Waals surface area contributed by atoms with E-state index in [4.69, 9.17) is 5.26 Å². The number of hydrogen-bond donors (Lipinski definition) is 0. The Kier molecular flexibility index (Phi) is 2.92. The lowest BCUT2D eigenvalue weighted by molar-refractivity contribution is 1.26. The van der Waals surface area contributed by atoms with Crippen LogP contribution in [-0.2, 0) is 0 Å². The molecule has 3 heteroatoms. The standard InChI is InChI=1S/C13H7N3/c14-9-11-4-5-13(16-10-11)7-6-12-3-1-2-8-15-12/h1-5,8,10H. The molecule has 0 saturated carbocycles. The first-order valence-corrected chi connectivity index (χ1v) is 4.68. The fourth-order valence-electron chi connectivity index (χ4n) is 1.10. The van der Waals surface area contributed by atoms with Gasteiger partial charge < -0.3 is 0 Å². The van der Waals surface area contributed by atoms with Gasteiger partial charge in [-0.15, -0.1) is 0 Å². The topological polar surface area (TPSA) is 49.6 Å². The molecular weight excluding hydrogens is 198 g/mol. The molecule has 0 radical (unpaired) electrons. The number of nitriles is 1. The van der Waals surface area contributed by atoms with Crippen LogP contribution in [0.2, 0.25) is 0 Å². The highest BCUT2D eigenvalue weighted by atomic mass is 14.7. The van der Waals surface area contributed by atoms with Gasteiger partial charge in [-0.25, -0.2) is 9.97 Å². The fraction of sp³-hybridized carbons (Fsp3) is 0. The van der Waals surface area contributed by atoms with E-state index in [1.807, 2.05) is 24.3 Å². The van der Waals surface area contributed by atoms with E-state index in [1.54, 1.807) is 18.3 Å². The third-order valence-corrected chi connectivity index (χ3v) is 1.88. The summed E-state index contributed by atoms with van der Waals surface area (Å²) >= 11 is 0. The van der Waals surface area contributed by atoms with E-state index in [1.165, 1.54) is 6.20 Å². The van der Waals surface area contributed by atoms with Crippen molar-refractivity contribution in [2.45, 2.75) is 0 Å². The summed E-state index contributed by atoms with van der Waals surface area (Å²) in [6.45, 7) is 0. The summed E-state index contributed by atoms with van der Waals surface area (Å²) in [6.07, 6.45) is 3.19. The molecule has 3 nitrogen and oxygen atoms in total. The van der Waals surface area contributed by atoms with Crippen molar-refractivity contribution in [1.29, 1.82) is 5.26 Å². The van der Waals surface area contributed by atoms with Gasteiger partial charge in [-0.1, -0.05) is 6.07 Å². The Hall–Kier alpha value is -2.65. The molecule has 74 valence electrons. The van der Waals surface area contributed by atoms with Gasteiger partial charge in [0.05, 0.1) is 5.56 Å². The number of hydrogen-bond acceptors (Lipinski definition) is 3. The van der Waals surface area contributed by atoms with Crippen LogP contribution in [0.25, 0.3) is 0 Å². The molecule has 0 unspecified atom stereocenters. The van der Waals surface area contributed by atoms with Gasteiger partial charge in [0.1, 0.15) is 17.5 Å². The number of pyridine rings is 2. The molecule has 0 bridgehead atoms. The summed E-state index contributed by atoms with van der Waals surface area (Å²) in [6, 6.07) is 11.0. The molecule has 16 heavy (non-hydrogen) atoms. The second kappa shape index (κ2) is 4.72. The van der Waals surface area contributed by atoms with Gasteiger partial charge in [-0.3, -0.25) is 0 Å². The lowest BCUT2D eigenvalue weighted by Gasteiger charge is -1.89. The van der Waals surface area contributed by atoms with E-state index in [9.17, 15) is 0 Å². The molecule has 0 aliphatic carbocycles. The molecule has 2 heterocycles. The summed E-state index contributed by atoms with van der Waals surface area (Å²) in [5, 5.41) is 8.60. The minimum Gasteiger partial charge on any atom is -0.248 e. The second-order valence-corrected chi connectivity index (χ2v) is 3.01. The van der Waals surface area contributed by atoms with Gasteiger partial charge in [0.15, 0.2) is 0 Å². The normalized spacial score (nSPS) is 8.69. The van der Waals surface area contributed by atoms with Crippen LogP contribution in [0.4, 0.5) is 0 Å². The summed E-state index contributed by atoms with van der Waals surface area (Å²) < 4.78 is 0. The van der Waals surface area contributed by atoms with Crippen LogP contribution in [-0.4, -0.2) is 9.97 Å². The Morgan fingerprint density at radius 1 is 0.938 bits per heavy atom. The first kappa shape index (κ1) is 9.89. The van der Waals surface area contributed by atoms with Crippen LogP contribution in [0.3, 0.4) is 0 Å². The van der Waals surface area contributed by atoms with Crippen molar-refractivity contribution >= 4 is 0 Å². The van der Waals surface area contributed by atoms with Gasteiger partial charge >= 0.3 is 0 Å². The summed E-state index contributed by atoms with van der Waals surface area (Å²) in [5.74, 6) is 5.77. The molecule has 0 N–H and O–H groups in total. The highest BCUT2D eigenvalue weighted by Gasteiger charge is 1.91. The summed E-state index contributed by atoms with van der Waals surface area (Å²) in [4.78, 5) is 8.11. The molecule has 2 aromatic rings. The smallest absolute Gasteiger partial charge is 0.113 e. The molecule has 0 amide bonds. The van der Waals surface area contributed by atoms with Crippen LogP contribution >= 0.6 is 0 Å². The average Bonchev–Trinajstić information content (AvgIpc) is 2.38. The zero-order chi connectivity index (χ0) is 11.2. The van der Waals surface area contributed by atoms with Crippen molar-refractivity contribution in [1.82, 2.24) is 9.97 Å². The maximum atomic E-state index is 8.60. The Balaban J connectivity index is 2.22. The van der Waals surface area contributed by atoms with E-state index in [0.717, 1.165) is 0 Å². The third kappa shape index (κ3) is 2.43. The average molecular weight is 205 g/mol. The molecule has 0 fully saturated rings. The molecule has 0 spiro atoms. The molecule has 0 aromatic carbocycles. The first-order valence-electron chi connectivity index (χ1n) is 4.68. The monoisotopic (exact) mass is 205 g/mol. The molecule has 0 atom stereocenters. The van der Waals surface area contributed by atoms with Gasteiger partial charge in [0.25, 0.3) is 0 Å². The minimum atomic E-state index is 0.531. The fourth-order valence-corrected chi connectivity index (χ4v) is 1.10. The van der Waals surface area contributed by atoms with Crippen molar-refractivity contribution < 1.29 is 0 Å². The lowest BCUT2D eigenvalue weighted by Crippen LogP contribution is -1.84. The maximum Gasteiger partial charge on any atom is 0.113 e. The second-order valence-electron chi connectivity index (χ2n) is 3.01. The zero-order valence-electron chi connectivity index (χ0n) is 8.38.